The van der Waals surface area contributed by atoms with Crippen molar-refractivity contribution in [2.24, 2.45) is 0 Å². The average molecular weight is 482 g/mol. The number of hydrogen-bond donors (Lipinski definition) is 1. The maximum atomic E-state index is 12.3. The van der Waals surface area contributed by atoms with Crippen LogP contribution in [0.1, 0.15) is 16.7 Å². The van der Waals surface area contributed by atoms with E-state index in [9.17, 15) is 10.1 Å². The molecular weight excluding hydrogens is 464 g/mol. The standard InChI is InChI=1S/C24H18BrClN2O2/c1-16-3-2-4-22(11-16)28-24(29)15-30-23-10-7-20(25)13-18(23)12-19(14-27)17-5-8-21(26)9-6-17/h2-13H,15H2,1H3,(H,28,29)/b19-12+. The molecule has 3 rings (SSSR count). The molecule has 0 unspecified atom stereocenters. The van der Waals surface area contributed by atoms with Crippen LogP contribution in [0.4, 0.5) is 5.69 Å². The monoisotopic (exact) mass is 480 g/mol. The van der Waals surface area contributed by atoms with Gasteiger partial charge in [0.2, 0.25) is 0 Å². The molecule has 0 aromatic heterocycles. The molecule has 0 atom stereocenters. The maximum absolute atomic E-state index is 12.3. The van der Waals surface area contributed by atoms with Crippen LogP contribution in [0.25, 0.3) is 11.6 Å². The first-order chi connectivity index (χ1) is 14.4. The molecule has 30 heavy (non-hydrogen) atoms. The normalized spacial score (nSPS) is 10.9. The lowest BCUT2D eigenvalue weighted by Crippen LogP contribution is -2.20. The van der Waals surface area contributed by atoms with E-state index in [4.69, 9.17) is 16.3 Å². The van der Waals surface area contributed by atoms with Crippen LogP contribution in [0, 0.1) is 18.3 Å². The molecule has 1 amide bonds. The van der Waals surface area contributed by atoms with Gasteiger partial charge in [-0.05, 0) is 66.6 Å². The largest absolute Gasteiger partial charge is 0.483 e. The number of nitriles is 1. The quantitative estimate of drug-likeness (QED) is 0.323. The fourth-order valence-electron chi connectivity index (χ4n) is 2.79. The third kappa shape index (κ3) is 5.96. The summed E-state index contributed by atoms with van der Waals surface area (Å²) >= 11 is 9.38. The van der Waals surface area contributed by atoms with E-state index in [0.29, 0.717) is 27.6 Å². The van der Waals surface area contributed by atoms with Gasteiger partial charge in [0, 0.05) is 20.7 Å². The lowest BCUT2D eigenvalue weighted by molar-refractivity contribution is -0.118. The summed E-state index contributed by atoms with van der Waals surface area (Å²) in [5.74, 6) is 0.232. The molecule has 0 bridgehead atoms. The molecule has 0 heterocycles. The molecule has 0 saturated heterocycles. The van der Waals surface area contributed by atoms with E-state index in [2.05, 4.69) is 27.3 Å². The van der Waals surface area contributed by atoms with E-state index in [1.807, 2.05) is 43.3 Å². The highest BCUT2D eigenvalue weighted by atomic mass is 79.9. The Morgan fingerprint density at radius 3 is 2.63 bits per heavy atom. The molecule has 0 aliphatic heterocycles. The van der Waals surface area contributed by atoms with Gasteiger partial charge in [-0.15, -0.1) is 0 Å². The van der Waals surface area contributed by atoms with Crippen molar-refractivity contribution in [2.45, 2.75) is 6.92 Å². The Kier molecular flexibility index (Phi) is 7.29. The number of rotatable bonds is 6. The summed E-state index contributed by atoms with van der Waals surface area (Å²) in [5, 5.41) is 13.0. The van der Waals surface area contributed by atoms with E-state index in [-0.39, 0.29) is 12.5 Å². The molecule has 0 fully saturated rings. The molecule has 3 aromatic carbocycles. The summed E-state index contributed by atoms with van der Waals surface area (Å²) in [6.07, 6.45) is 1.72. The third-order valence-electron chi connectivity index (χ3n) is 4.21. The topological polar surface area (TPSA) is 62.1 Å². The maximum Gasteiger partial charge on any atom is 0.262 e. The van der Waals surface area contributed by atoms with Gasteiger partial charge in [0.15, 0.2) is 6.61 Å². The Labute approximate surface area is 188 Å². The fraction of sp³-hybridized carbons (Fsp3) is 0.0833. The summed E-state index contributed by atoms with van der Waals surface area (Å²) in [6.45, 7) is 1.80. The van der Waals surface area contributed by atoms with Gasteiger partial charge in [-0.1, -0.05) is 51.8 Å². The first kappa shape index (κ1) is 21.6. The fourth-order valence-corrected chi connectivity index (χ4v) is 3.30. The van der Waals surface area contributed by atoms with Gasteiger partial charge in [-0.3, -0.25) is 4.79 Å². The minimum atomic E-state index is -0.267. The summed E-state index contributed by atoms with van der Waals surface area (Å²) < 4.78 is 6.58. The second kappa shape index (κ2) is 10.1. The molecule has 150 valence electrons. The van der Waals surface area contributed by atoms with E-state index < -0.39 is 0 Å². The number of allylic oxidation sites excluding steroid dienone is 1. The van der Waals surface area contributed by atoms with Gasteiger partial charge in [0.1, 0.15) is 5.75 Å². The summed E-state index contributed by atoms with van der Waals surface area (Å²) in [5.41, 5.74) is 3.65. The first-order valence-corrected chi connectivity index (χ1v) is 10.3. The summed E-state index contributed by atoms with van der Waals surface area (Å²) in [7, 11) is 0. The van der Waals surface area contributed by atoms with Gasteiger partial charge in [0.25, 0.3) is 5.91 Å². The summed E-state index contributed by atoms with van der Waals surface area (Å²) in [6, 6.07) is 22.2. The van der Waals surface area contributed by atoms with E-state index in [1.54, 1.807) is 36.4 Å². The molecule has 6 heteroatoms. The van der Waals surface area contributed by atoms with Crippen molar-refractivity contribution in [3.63, 3.8) is 0 Å². The lowest BCUT2D eigenvalue weighted by Gasteiger charge is -2.11. The van der Waals surface area contributed by atoms with Crippen LogP contribution in [0.15, 0.2) is 71.2 Å². The van der Waals surface area contributed by atoms with E-state index in [0.717, 1.165) is 15.6 Å². The number of nitrogens with one attached hydrogen (secondary N) is 1. The van der Waals surface area contributed by atoms with Crippen molar-refractivity contribution in [1.82, 2.24) is 0 Å². The Balaban J connectivity index is 1.78. The van der Waals surface area contributed by atoms with Crippen molar-refractivity contribution in [1.29, 1.82) is 5.26 Å². The van der Waals surface area contributed by atoms with Gasteiger partial charge in [-0.25, -0.2) is 0 Å². The van der Waals surface area contributed by atoms with Crippen molar-refractivity contribution in [3.05, 3.63) is 92.9 Å². The predicted octanol–water partition coefficient (Wildman–Crippen LogP) is 6.49. The smallest absolute Gasteiger partial charge is 0.262 e. The highest BCUT2D eigenvalue weighted by molar-refractivity contribution is 9.10. The number of hydrogen-bond acceptors (Lipinski definition) is 3. The first-order valence-electron chi connectivity index (χ1n) is 9.11. The zero-order valence-electron chi connectivity index (χ0n) is 16.2. The summed E-state index contributed by atoms with van der Waals surface area (Å²) in [4.78, 5) is 12.3. The molecule has 0 aliphatic carbocycles. The number of anilines is 1. The van der Waals surface area contributed by atoms with Gasteiger partial charge < -0.3 is 10.1 Å². The molecule has 0 aliphatic rings. The molecule has 3 aromatic rings. The Morgan fingerprint density at radius 2 is 1.93 bits per heavy atom. The minimum Gasteiger partial charge on any atom is -0.483 e. The second-order valence-electron chi connectivity index (χ2n) is 6.57. The zero-order valence-corrected chi connectivity index (χ0v) is 18.5. The molecule has 4 nitrogen and oxygen atoms in total. The Hall–Kier alpha value is -3.07. The number of carbonyl (C=O) groups is 1. The molecule has 0 radical (unpaired) electrons. The van der Waals surface area contributed by atoms with Crippen LogP contribution in [-0.2, 0) is 4.79 Å². The third-order valence-corrected chi connectivity index (χ3v) is 4.95. The number of amides is 1. The molecule has 0 saturated carbocycles. The number of halogens is 2. The van der Waals surface area contributed by atoms with Crippen LogP contribution in [-0.4, -0.2) is 12.5 Å². The predicted molar refractivity (Wildman–Crippen MR) is 124 cm³/mol. The number of benzene rings is 3. The number of nitrogens with zero attached hydrogens (tertiary/aromatic N) is 1. The number of ether oxygens (including phenoxy) is 1. The van der Waals surface area contributed by atoms with Crippen molar-refractivity contribution in [2.75, 3.05) is 11.9 Å². The van der Waals surface area contributed by atoms with Crippen molar-refractivity contribution in [3.8, 4) is 11.8 Å². The average Bonchev–Trinajstić information content (AvgIpc) is 2.72. The molecule has 1 N–H and O–H groups in total. The zero-order chi connectivity index (χ0) is 21.5. The Bertz CT molecular complexity index is 1130. The van der Waals surface area contributed by atoms with Crippen LogP contribution < -0.4 is 10.1 Å². The van der Waals surface area contributed by atoms with Crippen LogP contribution >= 0.6 is 27.5 Å². The van der Waals surface area contributed by atoms with Gasteiger partial charge in [0.05, 0.1) is 11.6 Å². The Morgan fingerprint density at radius 1 is 1.17 bits per heavy atom. The van der Waals surface area contributed by atoms with Crippen LogP contribution in [0.3, 0.4) is 0 Å². The molecular formula is C24H18BrClN2O2. The van der Waals surface area contributed by atoms with Gasteiger partial charge in [-0.2, -0.15) is 5.26 Å². The number of carbonyl (C=O) groups excluding carboxylic acids is 1. The lowest BCUT2D eigenvalue weighted by atomic mass is 10.0. The van der Waals surface area contributed by atoms with Crippen molar-refractivity contribution >= 4 is 50.8 Å². The van der Waals surface area contributed by atoms with Gasteiger partial charge >= 0.3 is 0 Å². The highest BCUT2D eigenvalue weighted by Gasteiger charge is 2.09. The van der Waals surface area contributed by atoms with Crippen molar-refractivity contribution < 1.29 is 9.53 Å². The van der Waals surface area contributed by atoms with E-state index >= 15 is 0 Å². The number of aryl methyl sites for hydroxylation is 1. The SMILES string of the molecule is Cc1cccc(NC(=O)COc2ccc(Br)cc2/C=C(\C#N)c2ccc(Cl)cc2)c1. The van der Waals surface area contributed by atoms with Crippen LogP contribution in [0.5, 0.6) is 5.75 Å². The minimum absolute atomic E-state index is 0.154. The van der Waals surface area contributed by atoms with E-state index in [1.165, 1.54) is 0 Å². The molecule has 0 spiro atoms. The second-order valence-corrected chi connectivity index (χ2v) is 7.92. The van der Waals surface area contributed by atoms with Crippen LogP contribution in [0.2, 0.25) is 5.02 Å². The highest BCUT2D eigenvalue weighted by Crippen LogP contribution is 2.28.